The summed E-state index contributed by atoms with van der Waals surface area (Å²) in [5.41, 5.74) is 4.12. The molecule has 0 atom stereocenters. The molecule has 0 fully saturated rings. The van der Waals surface area contributed by atoms with Crippen LogP contribution in [-0.2, 0) is 11.3 Å². The van der Waals surface area contributed by atoms with Crippen LogP contribution in [0.5, 0.6) is 17.2 Å². The standard InChI is InChI=1S/C21H24BrNO4/c1-13-10-15(11-17(22)14(13)2)6-9-19(24)23-12-16-7-8-18(25-3)21(27-5)20(16)26-4/h6-11H,12H2,1-5H3,(H,23,24)/b9-6+. The Morgan fingerprint density at radius 2 is 1.78 bits per heavy atom. The lowest BCUT2D eigenvalue weighted by molar-refractivity contribution is -0.116. The van der Waals surface area contributed by atoms with Crippen molar-refractivity contribution in [3.05, 3.63) is 57.1 Å². The highest BCUT2D eigenvalue weighted by Crippen LogP contribution is 2.39. The van der Waals surface area contributed by atoms with E-state index in [0.29, 0.717) is 23.8 Å². The van der Waals surface area contributed by atoms with Gasteiger partial charge in [-0.25, -0.2) is 0 Å². The van der Waals surface area contributed by atoms with E-state index < -0.39 is 0 Å². The van der Waals surface area contributed by atoms with Gasteiger partial charge in [0.25, 0.3) is 0 Å². The minimum atomic E-state index is -0.193. The minimum absolute atomic E-state index is 0.193. The third-order valence-electron chi connectivity index (χ3n) is 4.29. The largest absolute Gasteiger partial charge is 0.493 e. The first-order chi connectivity index (χ1) is 12.9. The highest BCUT2D eigenvalue weighted by atomic mass is 79.9. The van der Waals surface area contributed by atoms with Crippen molar-refractivity contribution in [3.63, 3.8) is 0 Å². The van der Waals surface area contributed by atoms with Gasteiger partial charge in [0, 0.05) is 22.7 Å². The topological polar surface area (TPSA) is 56.8 Å². The molecule has 0 saturated carbocycles. The zero-order chi connectivity index (χ0) is 20.0. The molecule has 0 radical (unpaired) electrons. The summed E-state index contributed by atoms with van der Waals surface area (Å²) in [6.07, 6.45) is 3.31. The van der Waals surface area contributed by atoms with Gasteiger partial charge in [0.15, 0.2) is 11.5 Å². The van der Waals surface area contributed by atoms with Gasteiger partial charge in [-0.05, 0) is 54.8 Å². The number of halogens is 1. The first-order valence-corrected chi connectivity index (χ1v) is 9.21. The Hall–Kier alpha value is -2.47. The molecule has 6 heteroatoms. The monoisotopic (exact) mass is 433 g/mol. The molecule has 0 aromatic heterocycles. The number of hydrogen-bond donors (Lipinski definition) is 1. The SMILES string of the molecule is COc1ccc(CNC(=O)/C=C/c2cc(C)c(C)c(Br)c2)c(OC)c1OC. The van der Waals surface area contributed by atoms with E-state index in [2.05, 4.69) is 28.2 Å². The van der Waals surface area contributed by atoms with E-state index in [9.17, 15) is 4.79 Å². The molecule has 144 valence electrons. The van der Waals surface area contributed by atoms with Crippen LogP contribution in [0.1, 0.15) is 22.3 Å². The smallest absolute Gasteiger partial charge is 0.244 e. The Bertz CT molecular complexity index is 838. The second kappa shape index (κ2) is 9.46. The number of hydrogen-bond acceptors (Lipinski definition) is 4. The third-order valence-corrected chi connectivity index (χ3v) is 5.12. The van der Waals surface area contributed by atoms with Crippen LogP contribution in [0, 0.1) is 13.8 Å². The van der Waals surface area contributed by atoms with Gasteiger partial charge in [-0.2, -0.15) is 0 Å². The molecule has 0 aliphatic carbocycles. The maximum absolute atomic E-state index is 12.2. The molecule has 2 rings (SSSR count). The third kappa shape index (κ3) is 5.04. The lowest BCUT2D eigenvalue weighted by atomic mass is 10.1. The normalized spacial score (nSPS) is 10.7. The van der Waals surface area contributed by atoms with Gasteiger partial charge in [-0.15, -0.1) is 0 Å². The molecule has 27 heavy (non-hydrogen) atoms. The number of aryl methyl sites for hydroxylation is 1. The summed E-state index contributed by atoms with van der Waals surface area (Å²) in [7, 11) is 4.67. The van der Waals surface area contributed by atoms with Crippen LogP contribution in [0.4, 0.5) is 0 Å². The molecule has 2 aromatic carbocycles. The van der Waals surface area contributed by atoms with Crippen molar-refractivity contribution in [2.75, 3.05) is 21.3 Å². The van der Waals surface area contributed by atoms with E-state index in [4.69, 9.17) is 14.2 Å². The predicted molar refractivity (Wildman–Crippen MR) is 111 cm³/mol. The van der Waals surface area contributed by atoms with Crippen LogP contribution in [-0.4, -0.2) is 27.2 Å². The minimum Gasteiger partial charge on any atom is -0.493 e. The number of nitrogens with one attached hydrogen (secondary N) is 1. The van der Waals surface area contributed by atoms with E-state index >= 15 is 0 Å². The number of amides is 1. The van der Waals surface area contributed by atoms with Crippen molar-refractivity contribution in [2.45, 2.75) is 20.4 Å². The zero-order valence-corrected chi connectivity index (χ0v) is 17.8. The molecule has 0 aliphatic heterocycles. The Kier molecular flexibility index (Phi) is 7.30. The zero-order valence-electron chi connectivity index (χ0n) is 16.2. The predicted octanol–water partition coefficient (Wildman–Crippen LogP) is 4.42. The van der Waals surface area contributed by atoms with Crippen molar-refractivity contribution in [1.29, 1.82) is 0 Å². The van der Waals surface area contributed by atoms with Gasteiger partial charge in [-0.1, -0.05) is 22.0 Å². The second-order valence-electron chi connectivity index (χ2n) is 5.99. The fraction of sp³-hybridized carbons (Fsp3) is 0.286. The fourth-order valence-corrected chi connectivity index (χ4v) is 3.23. The Morgan fingerprint density at radius 3 is 2.37 bits per heavy atom. The lowest BCUT2D eigenvalue weighted by Gasteiger charge is -2.15. The van der Waals surface area contributed by atoms with Gasteiger partial charge in [-0.3, -0.25) is 4.79 Å². The molecule has 1 N–H and O–H groups in total. The molecular weight excluding hydrogens is 410 g/mol. The molecule has 0 spiro atoms. The molecular formula is C21H24BrNO4. The van der Waals surface area contributed by atoms with E-state index in [0.717, 1.165) is 15.6 Å². The first-order valence-electron chi connectivity index (χ1n) is 8.41. The number of ether oxygens (including phenoxy) is 3. The number of benzene rings is 2. The summed E-state index contributed by atoms with van der Waals surface area (Å²) in [5.74, 6) is 1.42. The summed E-state index contributed by atoms with van der Waals surface area (Å²) in [6, 6.07) is 7.65. The second-order valence-corrected chi connectivity index (χ2v) is 6.84. The quantitative estimate of drug-likeness (QED) is 0.656. The summed E-state index contributed by atoms with van der Waals surface area (Å²) in [5, 5.41) is 2.86. The van der Waals surface area contributed by atoms with Crippen LogP contribution >= 0.6 is 15.9 Å². The average molecular weight is 434 g/mol. The van der Waals surface area contributed by atoms with Gasteiger partial charge >= 0.3 is 0 Å². The molecule has 0 aliphatic rings. The van der Waals surface area contributed by atoms with Crippen molar-refractivity contribution in [1.82, 2.24) is 5.32 Å². The van der Waals surface area contributed by atoms with Crippen molar-refractivity contribution in [2.24, 2.45) is 0 Å². The Balaban J connectivity index is 2.10. The summed E-state index contributed by atoms with van der Waals surface area (Å²) in [4.78, 5) is 12.2. The highest BCUT2D eigenvalue weighted by Gasteiger charge is 2.15. The molecule has 1 amide bonds. The lowest BCUT2D eigenvalue weighted by Crippen LogP contribution is -2.20. The Labute approximate surface area is 168 Å². The maximum Gasteiger partial charge on any atom is 0.244 e. The summed E-state index contributed by atoms with van der Waals surface area (Å²) < 4.78 is 17.1. The molecule has 0 bridgehead atoms. The maximum atomic E-state index is 12.2. The first kappa shape index (κ1) is 20.8. The van der Waals surface area contributed by atoms with Gasteiger partial charge in [0.2, 0.25) is 11.7 Å². The van der Waals surface area contributed by atoms with Gasteiger partial charge in [0.05, 0.1) is 21.3 Å². The van der Waals surface area contributed by atoms with E-state index in [-0.39, 0.29) is 5.91 Å². The van der Waals surface area contributed by atoms with E-state index in [1.807, 2.05) is 25.1 Å². The molecule has 5 nitrogen and oxygen atoms in total. The average Bonchev–Trinajstić information content (AvgIpc) is 2.67. The van der Waals surface area contributed by atoms with Crippen molar-refractivity contribution < 1.29 is 19.0 Å². The highest BCUT2D eigenvalue weighted by molar-refractivity contribution is 9.10. The van der Waals surface area contributed by atoms with E-state index in [1.54, 1.807) is 33.5 Å². The van der Waals surface area contributed by atoms with Crippen LogP contribution in [0.2, 0.25) is 0 Å². The number of methoxy groups -OCH3 is 3. The summed E-state index contributed by atoms with van der Waals surface area (Å²) >= 11 is 3.54. The van der Waals surface area contributed by atoms with Crippen LogP contribution in [0.25, 0.3) is 6.08 Å². The molecule has 0 unspecified atom stereocenters. The number of carbonyl (C=O) groups excluding carboxylic acids is 1. The molecule has 2 aromatic rings. The fourth-order valence-electron chi connectivity index (χ4n) is 2.65. The Morgan fingerprint density at radius 1 is 1.07 bits per heavy atom. The van der Waals surface area contributed by atoms with Gasteiger partial charge < -0.3 is 19.5 Å². The van der Waals surface area contributed by atoms with Crippen molar-refractivity contribution >= 4 is 27.9 Å². The van der Waals surface area contributed by atoms with Crippen molar-refractivity contribution in [3.8, 4) is 17.2 Å². The van der Waals surface area contributed by atoms with E-state index in [1.165, 1.54) is 17.2 Å². The molecule has 0 saturated heterocycles. The van der Waals surface area contributed by atoms with Crippen LogP contribution in [0.3, 0.4) is 0 Å². The number of carbonyl (C=O) groups is 1. The van der Waals surface area contributed by atoms with Crippen LogP contribution in [0.15, 0.2) is 34.8 Å². The van der Waals surface area contributed by atoms with Crippen LogP contribution < -0.4 is 19.5 Å². The summed E-state index contributed by atoms with van der Waals surface area (Å²) in [6.45, 7) is 4.40. The molecule has 0 heterocycles. The van der Waals surface area contributed by atoms with Gasteiger partial charge in [0.1, 0.15) is 0 Å². The number of rotatable bonds is 7.